The second kappa shape index (κ2) is 11.5. The molecule has 0 aromatic heterocycles. The maximum atomic E-state index is 15.3. The number of methoxy groups -OCH3 is 2. The Hall–Kier alpha value is -3.21. The zero-order chi connectivity index (χ0) is 27.7. The minimum absolute atomic E-state index is 0.0139. The maximum Gasteiger partial charge on any atom is 0.247 e. The summed E-state index contributed by atoms with van der Waals surface area (Å²) in [6.45, 7) is 7.43. The number of piperazine rings is 1. The van der Waals surface area contributed by atoms with Crippen molar-refractivity contribution in [2.24, 2.45) is 5.92 Å². The number of amides is 1. The molecule has 1 amide bonds. The van der Waals surface area contributed by atoms with E-state index in [1.54, 1.807) is 0 Å². The molecule has 3 unspecified atom stereocenters. The van der Waals surface area contributed by atoms with Crippen LogP contribution in [-0.2, 0) is 4.79 Å². The molecule has 5 rings (SSSR count). The standard InChI is InChI=1S/C29H37F2N5O3/c1-5-25(37)32-21-9-7-18(36-12-10-35(2)11-13-36)15-20(21)29-19-8-6-17(14-22(19)33-34-29)26-27(30)23(38-3)16-24(39-4)28(26)31/h5,7,9,15-17,19,22,29,33-34H,1,6,8,10-14H2,2-4H3,(H,32,37)/t17-,19?,22?,29?/m0/s1. The molecule has 1 aliphatic carbocycles. The van der Waals surface area contributed by atoms with Crippen LogP contribution in [0.2, 0.25) is 0 Å². The molecule has 4 atom stereocenters. The quantitative estimate of drug-likeness (QED) is 0.458. The van der Waals surface area contributed by atoms with Crippen molar-refractivity contribution in [3.63, 3.8) is 0 Å². The van der Waals surface area contributed by atoms with Gasteiger partial charge in [0.1, 0.15) is 0 Å². The van der Waals surface area contributed by atoms with Crippen molar-refractivity contribution in [3.05, 3.63) is 59.7 Å². The highest BCUT2D eigenvalue weighted by Crippen LogP contribution is 2.48. The molecule has 10 heteroatoms. The molecule has 3 aliphatic rings. The largest absolute Gasteiger partial charge is 0.494 e. The molecule has 3 fully saturated rings. The summed E-state index contributed by atoms with van der Waals surface area (Å²) in [7, 11) is 4.85. The number of ether oxygens (including phenoxy) is 2. The Balaban J connectivity index is 1.41. The Morgan fingerprint density at radius 2 is 1.74 bits per heavy atom. The van der Waals surface area contributed by atoms with E-state index < -0.39 is 11.6 Å². The van der Waals surface area contributed by atoms with Crippen molar-refractivity contribution in [1.82, 2.24) is 15.8 Å². The summed E-state index contributed by atoms with van der Waals surface area (Å²) >= 11 is 0. The Bertz CT molecular complexity index is 1210. The second-order valence-electron chi connectivity index (χ2n) is 10.6. The Kier molecular flexibility index (Phi) is 8.06. The molecular weight excluding hydrogens is 504 g/mol. The van der Waals surface area contributed by atoms with Crippen LogP contribution in [0.5, 0.6) is 11.5 Å². The molecule has 3 N–H and O–H groups in total. The molecule has 0 spiro atoms. The Morgan fingerprint density at radius 1 is 1.05 bits per heavy atom. The lowest BCUT2D eigenvalue weighted by molar-refractivity contribution is -0.111. The van der Waals surface area contributed by atoms with Crippen molar-refractivity contribution in [3.8, 4) is 11.5 Å². The fourth-order valence-corrected chi connectivity index (χ4v) is 6.26. The first-order valence-electron chi connectivity index (χ1n) is 13.5. The van der Waals surface area contributed by atoms with E-state index in [0.717, 1.165) is 49.5 Å². The van der Waals surface area contributed by atoms with E-state index in [-0.39, 0.29) is 46.9 Å². The monoisotopic (exact) mass is 541 g/mol. The zero-order valence-electron chi connectivity index (χ0n) is 22.7. The molecule has 0 radical (unpaired) electrons. The van der Waals surface area contributed by atoms with Gasteiger partial charge in [0.15, 0.2) is 23.1 Å². The summed E-state index contributed by atoms with van der Waals surface area (Å²) in [4.78, 5) is 16.9. The van der Waals surface area contributed by atoms with Crippen LogP contribution in [0.25, 0.3) is 0 Å². The minimum atomic E-state index is -0.670. The van der Waals surface area contributed by atoms with E-state index >= 15 is 8.78 Å². The third kappa shape index (κ3) is 5.33. The first-order valence-corrected chi connectivity index (χ1v) is 13.5. The van der Waals surface area contributed by atoms with Crippen LogP contribution in [0.3, 0.4) is 0 Å². The summed E-state index contributed by atoms with van der Waals surface area (Å²) in [6, 6.07) is 7.31. The van der Waals surface area contributed by atoms with Gasteiger partial charge in [-0.15, -0.1) is 0 Å². The number of likely N-dealkylation sites (N-methyl/N-ethyl adjacent to an activating group) is 1. The van der Waals surface area contributed by atoms with Gasteiger partial charge in [-0.05, 0) is 68.0 Å². The lowest BCUT2D eigenvalue weighted by Gasteiger charge is -2.36. The fourth-order valence-electron chi connectivity index (χ4n) is 6.26. The van der Waals surface area contributed by atoms with Crippen LogP contribution < -0.4 is 30.5 Å². The van der Waals surface area contributed by atoms with Gasteiger partial charge >= 0.3 is 0 Å². The van der Waals surface area contributed by atoms with Crippen molar-refractivity contribution in [2.45, 2.75) is 37.3 Å². The van der Waals surface area contributed by atoms with Gasteiger partial charge in [-0.2, -0.15) is 0 Å². The molecule has 1 saturated carbocycles. The third-order valence-electron chi connectivity index (χ3n) is 8.45. The van der Waals surface area contributed by atoms with E-state index in [1.807, 2.05) is 12.1 Å². The highest BCUT2D eigenvalue weighted by atomic mass is 19.1. The second-order valence-corrected chi connectivity index (χ2v) is 10.6. The number of carbonyl (C=O) groups excluding carboxylic acids is 1. The predicted molar refractivity (Wildman–Crippen MR) is 147 cm³/mol. The molecule has 8 nitrogen and oxygen atoms in total. The Morgan fingerprint density at radius 3 is 2.38 bits per heavy atom. The number of hydrogen-bond donors (Lipinski definition) is 3. The number of hydrazine groups is 1. The van der Waals surface area contributed by atoms with E-state index in [1.165, 1.54) is 26.4 Å². The number of halogens is 2. The number of nitrogens with zero attached hydrogens (tertiary/aromatic N) is 2. The van der Waals surface area contributed by atoms with Crippen LogP contribution in [-0.4, -0.2) is 64.3 Å². The van der Waals surface area contributed by atoms with Crippen LogP contribution in [0.1, 0.15) is 42.3 Å². The summed E-state index contributed by atoms with van der Waals surface area (Å²) in [5.74, 6) is -1.82. The molecule has 2 aromatic carbocycles. The molecule has 0 bridgehead atoms. The van der Waals surface area contributed by atoms with Gasteiger partial charge in [0, 0.05) is 55.2 Å². The van der Waals surface area contributed by atoms with Gasteiger partial charge in [-0.1, -0.05) is 6.58 Å². The number of rotatable bonds is 7. The van der Waals surface area contributed by atoms with Crippen molar-refractivity contribution < 1.29 is 23.0 Å². The zero-order valence-corrected chi connectivity index (χ0v) is 22.7. The first-order chi connectivity index (χ1) is 18.8. The van der Waals surface area contributed by atoms with Crippen LogP contribution >= 0.6 is 0 Å². The molecule has 2 saturated heterocycles. The molecule has 2 aliphatic heterocycles. The number of anilines is 2. The normalized spacial score (nSPS) is 25.2. The van der Waals surface area contributed by atoms with Crippen molar-refractivity contribution in [2.75, 3.05) is 57.7 Å². The summed E-state index contributed by atoms with van der Waals surface area (Å²) in [6.07, 6.45) is 3.16. The van der Waals surface area contributed by atoms with Gasteiger partial charge in [0.05, 0.1) is 20.3 Å². The lowest BCUT2D eigenvalue weighted by atomic mass is 9.72. The highest BCUT2D eigenvalue weighted by Gasteiger charge is 2.43. The summed E-state index contributed by atoms with van der Waals surface area (Å²) in [5.41, 5.74) is 9.68. The van der Waals surface area contributed by atoms with Crippen LogP contribution in [0, 0.1) is 17.6 Å². The van der Waals surface area contributed by atoms with Gasteiger partial charge < -0.3 is 24.6 Å². The number of nitrogens with one attached hydrogen (secondary N) is 3. The van der Waals surface area contributed by atoms with E-state index in [0.29, 0.717) is 12.8 Å². The van der Waals surface area contributed by atoms with Gasteiger partial charge in [-0.25, -0.2) is 14.2 Å². The lowest BCUT2D eigenvalue weighted by Crippen LogP contribution is -2.44. The van der Waals surface area contributed by atoms with E-state index in [9.17, 15) is 4.79 Å². The summed E-state index contributed by atoms with van der Waals surface area (Å²) in [5, 5.41) is 2.97. The average Bonchev–Trinajstić information content (AvgIpc) is 3.37. The fraction of sp³-hybridized carbons (Fsp3) is 0.483. The summed E-state index contributed by atoms with van der Waals surface area (Å²) < 4.78 is 40.8. The maximum absolute atomic E-state index is 15.3. The molecule has 210 valence electrons. The minimum Gasteiger partial charge on any atom is -0.494 e. The van der Waals surface area contributed by atoms with Gasteiger partial charge in [-0.3, -0.25) is 10.2 Å². The van der Waals surface area contributed by atoms with Crippen LogP contribution in [0.15, 0.2) is 36.9 Å². The van der Waals surface area contributed by atoms with Crippen molar-refractivity contribution in [1.29, 1.82) is 0 Å². The number of fused-ring (bicyclic) bond motifs is 1. The molecule has 2 heterocycles. The predicted octanol–water partition coefficient (Wildman–Crippen LogP) is 3.96. The van der Waals surface area contributed by atoms with Crippen LogP contribution in [0.4, 0.5) is 20.2 Å². The molecule has 39 heavy (non-hydrogen) atoms. The highest BCUT2D eigenvalue weighted by molar-refractivity contribution is 5.99. The first kappa shape index (κ1) is 27.4. The third-order valence-corrected chi connectivity index (χ3v) is 8.45. The van der Waals surface area contributed by atoms with E-state index in [2.05, 4.69) is 45.7 Å². The molecule has 2 aromatic rings. The Labute approximate surface area is 228 Å². The SMILES string of the molecule is C=CC(=O)Nc1ccc(N2CCN(C)CC2)cc1C1NNC2C[C@@H](c3c(F)c(OC)cc(OC)c3F)CCC21. The van der Waals surface area contributed by atoms with Crippen molar-refractivity contribution >= 4 is 17.3 Å². The smallest absolute Gasteiger partial charge is 0.247 e. The average molecular weight is 542 g/mol. The number of benzene rings is 2. The van der Waals surface area contributed by atoms with Gasteiger partial charge in [0.2, 0.25) is 5.91 Å². The molecular formula is C29H37F2N5O3. The topological polar surface area (TPSA) is 78.1 Å². The van der Waals surface area contributed by atoms with Gasteiger partial charge in [0.25, 0.3) is 0 Å². The number of carbonyl (C=O) groups is 1. The number of hydrogen-bond acceptors (Lipinski definition) is 7. The van der Waals surface area contributed by atoms with E-state index in [4.69, 9.17) is 9.47 Å².